The number of carboxylic acid groups (broad SMARTS) is 1. The zero-order valence-electron chi connectivity index (χ0n) is 10.2. The van der Waals surface area contributed by atoms with Gasteiger partial charge in [0.25, 0.3) is 0 Å². The first-order chi connectivity index (χ1) is 8.88. The fourth-order valence-electron chi connectivity index (χ4n) is 1.38. The molecule has 0 aliphatic heterocycles. The molecule has 0 aromatic heterocycles. The molecule has 1 aromatic rings. The highest BCUT2D eigenvalue weighted by Crippen LogP contribution is 2.20. The lowest BCUT2D eigenvalue weighted by atomic mass is 10.2. The molecular formula is C11H14ClNO4S2. The van der Waals surface area contributed by atoms with Gasteiger partial charge in [0, 0.05) is 0 Å². The van der Waals surface area contributed by atoms with E-state index in [1.807, 2.05) is 6.26 Å². The van der Waals surface area contributed by atoms with Gasteiger partial charge in [-0.1, -0.05) is 23.7 Å². The van der Waals surface area contributed by atoms with Gasteiger partial charge in [0.2, 0.25) is 10.0 Å². The second kappa shape index (κ2) is 7.14. The minimum Gasteiger partial charge on any atom is -0.480 e. The Morgan fingerprint density at radius 2 is 2.11 bits per heavy atom. The Balaban J connectivity index is 2.95. The highest BCUT2D eigenvalue weighted by atomic mass is 35.5. The number of halogens is 1. The van der Waals surface area contributed by atoms with Gasteiger partial charge in [-0.25, -0.2) is 8.42 Å². The Labute approximate surface area is 121 Å². The number of rotatable bonds is 7. The van der Waals surface area contributed by atoms with E-state index in [2.05, 4.69) is 4.72 Å². The largest absolute Gasteiger partial charge is 0.480 e. The monoisotopic (exact) mass is 323 g/mol. The molecule has 1 atom stereocenters. The smallest absolute Gasteiger partial charge is 0.321 e. The lowest BCUT2D eigenvalue weighted by molar-refractivity contribution is -0.139. The molecule has 0 aliphatic carbocycles. The molecule has 5 nitrogen and oxygen atoms in total. The number of hydrogen-bond donors (Lipinski definition) is 2. The van der Waals surface area contributed by atoms with E-state index in [0.29, 0.717) is 5.75 Å². The molecule has 19 heavy (non-hydrogen) atoms. The molecule has 0 bridgehead atoms. The van der Waals surface area contributed by atoms with Gasteiger partial charge >= 0.3 is 5.97 Å². The first kappa shape index (κ1) is 16.3. The second-order valence-electron chi connectivity index (χ2n) is 3.72. The number of sulfonamides is 1. The van der Waals surface area contributed by atoms with Crippen LogP contribution in [-0.4, -0.2) is 37.5 Å². The second-order valence-corrected chi connectivity index (χ2v) is 6.80. The Morgan fingerprint density at radius 1 is 1.47 bits per heavy atom. The number of nitrogens with one attached hydrogen (secondary N) is 1. The van der Waals surface area contributed by atoms with Crippen molar-refractivity contribution in [1.29, 1.82) is 0 Å². The number of carbonyl (C=O) groups is 1. The number of hydrogen-bond acceptors (Lipinski definition) is 4. The third-order valence-electron chi connectivity index (χ3n) is 2.33. The van der Waals surface area contributed by atoms with Crippen molar-refractivity contribution < 1.29 is 18.3 Å². The third kappa shape index (κ3) is 4.68. The SMILES string of the molecule is CSCC[C@H](NS(=O)(=O)c1ccccc1Cl)C(=O)O. The average molecular weight is 324 g/mol. The van der Waals surface area contributed by atoms with Crippen molar-refractivity contribution in [2.24, 2.45) is 0 Å². The van der Waals surface area contributed by atoms with Crippen LogP contribution < -0.4 is 4.72 Å². The van der Waals surface area contributed by atoms with Crippen LogP contribution in [0.1, 0.15) is 6.42 Å². The minimum absolute atomic E-state index is 0.0593. The third-order valence-corrected chi connectivity index (χ3v) is 4.95. The Kier molecular flexibility index (Phi) is 6.12. The summed E-state index contributed by atoms with van der Waals surface area (Å²) in [6, 6.07) is 4.74. The fourth-order valence-corrected chi connectivity index (χ4v) is 3.60. The molecule has 8 heteroatoms. The zero-order valence-corrected chi connectivity index (χ0v) is 12.6. The Morgan fingerprint density at radius 3 is 2.63 bits per heavy atom. The van der Waals surface area contributed by atoms with Crippen LogP contribution in [-0.2, 0) is 14.8 Å². The van der Waals surface area contributed by atoms with E-state index in [4.69, 9.17) is 16.7 Å². The van der Waals surface area contributed by atoms with Gasteiger partial charge in [0.1, 0.15) is 10.9 Å². The summed E-state index contributed by atoms with van der Waals surface area (Å²) in [4.78, 5) is 10.9. The standard InChI is InChI=1S/C11H14ClNO4S2/c1-18-7-6-9(11(14)15)13-19(16,17)10-5-3-2-4-8(10)12/h2-5,9,13H,6-7H2,1H3,(H,14,15)/t9-/m0/s1. The number of benzene rings is 1. The van der Waals surface area contributed by atoms with Crippen LogP contribution in [0.5, 0.6) is 0 Å². The van der Waals surface area contributed by atoms with Crippen LogP contribution in [0.2, 0.25) is 5.02 Å². The van der Waals surface area contributed by atoms with Crippen molar-refractivity contribution in [1.82, 2.24) is 4.72 Å². The van der Waals surface area contributed by atoms with Gasteiger partial charge in [-0.3, -0.25) is 4.79 Å². The van der Waals surface area contributed by atoms with Gasteiger partial charge in [0.05, 0.1) is 5.02 Å². The normalized spacial score (nSPS) is 13.2. The van der Waals surface area contributed by atoms with E-state index in [-0.39, 0.29) is 16.3 Å². The maximum atomic E-state index is 12.1. The molecule has 0 fully saturated rings. The highest BCUT2D eigenvalue weighted by Gasteiger charge is 2.26. The average Bonchev–Trinajstić information content (AvgIpc) is 2.34. The first-order valence-electron chi connectivity index (χ1n) is 5.37. The predicted molar refractivity (Wildman–Crippen MR) is 76.2 cm³/mol. The van der Waals surface area contributed by atoms with Crippen molar-refractivity contribution in [2.45, 2.75) is 17.4 Å². The molecule has 0 unspecified atom stereocenters. The maximum absolute atomic E-state index is 12.1. The van der Waals surface area contributed by atoms with Crippen molar-refractivity contribution in [3.8, 4) is 0 Å². The van der Waals surface area contributed by atoms with Crippen LogP contribution in [0, 0.1) is 0 Å². The number of carboxylic acids is 1. The predicted octanol–water partition coefficient (Wildman–Crippen LogP) is 1.82. The summed E-state index contributed by atoms with van der Waals surface area (Å²) in [6.45, 7) is 0. The lowest BCUT2D eigenvalue weighted by Crippen LogP contribution is -2.41. The fraction of sp³-hybridized carbons (Fsp3) is 0.364. The van der Waals surface area contributed by atoms with Crippen LogP contribution in [0.4, 0.5) is 0 Å². The van der Waals surface area contributed by atoms with Crippen LogP contribution in [0.3, 0.4) is 0 Å². The summed E-state index contributed by atoms with van der Waals surface area (Å²) >= 11 is 7.25. The molecule has 0 saturated carbocycles. The van der Waals surface area contributed by atoms with Crippen molar-refractivity contribution >= 4 is 39.4 Å². The summed E-state index contributed by atoms with van der Waals surface area (Å²) in [5, 5.41) is 9.07. The van der Waals surface area contributed by atoms with E-state index < -0.39 is 22.0 Å². The molecule has 0 spiro atoms. The quantitative estimate of drug-likeness (QED) is 0.799. The molecular weight excluding hydrogens is 310 g/mol. The Hall–Kier alpha value is -0.760. The zero-order chi connectivity index (χ0) is 14.5. The number of aliphatic carboxylic acids is 1. The molecule has 2 N–H and O–H groups in total. The summed E-state index contributed by atoms with van der Waals surface area (Å²) in [6.07, 6.45) is 2.03. The van der Waals surface area contributed by atoms with E-state index in [1.54, 1.807) is 6.07 Å². The molecule has 0 radical (unpaired) electrons. The molecule has 0 heterocycles. The highest BCUT2D eigenvalue weighted by molar-refractivity contribution is 7.98. The van der Waals surface area contributed by atoms with Gasteiger partial charge in [-0.2, -0.15) is 16.5 Å². The van der Waals surface area contributed by atoms with E-state index in [0.717, 1.165) is 0 Å². The topological polar surface area (TPSA) is 83.5 Å². The minimum atomic E-state index is -3.94. The van der Waals surface area contributed by atoms with Gasteiger partial charge in [-0.05, 0) is 30.6 Å². The van der Waals surface area contributed by atoms with Crippen LogP contribution >= 0.6 is 23.4 Å². The Bertz CT molecular complexity index is 547. The molecule has 0 amide bonds. The number of thioether (sulfide) groups is 1. The van der Waals surface area contributed by atoms with Crippen molar-refractivity contribution in [2.75, 3.05) is 12.0 Å². The summed E-state index contributed by atoms with van der Waals surface area (Å²) in [7, 11) is -3.94. The summed E-state index contributed by atoms with van der Waals surface area (Å²) in [5.74, 6) is -0.660. The van der Waals surface area contributed by atoms with Gasteiger partial charge in [0.15, 0.2) is 0 Å². The van der Waals surface area contributed by atoms with Crippen LogP contribution in [0.15, 0.2) is 29.2 Å². The summed E-state index contributed by atoms with van der Waals surface area (Å²) < 4.78 is 26.3. The van der Waals surface area contributed by atoms with Crippen LogP contribution in [0.25, 0.3) is 0 Å². The van der Waals surface area contributed by atoms with E-state index >= 15 is 0 Å². The molecule has 106 valence electrons. The first-order valence-corrected chi connectivity index (χ1v) is 8.62. The van der Waals surface area contributed by atoms with Crippen molar-refractivity contribution in [3.63, 3.8) is 0 Å². The molecule has 1 rings (SSSR count). The van der Waals surface area contributed by atoms with Gasteiger partial charge < -0.3 is 5.11 Å². The summed E-state index contributed by atoms with van der Waals surface area (Å²) in [5.41, 5.74) is 0. The van der Waals surface area contributed by atoms with E-state index in [9.17, 15) is 13.2 Å². The van der Waals surface area contributed by atoms with Gasteiger partial charge in [-0.15, -0.1) is 0 Å². The molecule has 1 aromatic carbocycles. The van der Waals surface area contributed by atoms with Crippen molar-refractivity contribution in [3.05, 3.63) is 29.3 Å². The maximum Gasteiger partial charge on any atom is 0.321 e. The molecule has 0 aliphatic rings. The van der Waals surface area contributed by atoms with E-state index in [1.165, 1.54) is 30.0 Å². The molecule has 0 saturated heterocycles. The lowest BCUT2D eigenvalue weighted by Gasteiger charge is -2.14.